The Labute approximate surface area is 184 Å². The predicted molar refractivity (Wildman–Crippen MR) is 122 cm³/mol. The van der Waals surface area contributed by atoms with Gasteiger partial charge < -0.3 is 4.90 Å². The minimum Gasteiger partial charge on any atom is -0.332 e. The minimum absolute atomic E-state index is 0.297. The summed E-state index contributed by atoms with van der Waals surface area (Å²) >= 11 is 1.36. The Bertz CT molecular complexity index is 743. The summed E-state index contributed by atoms with van der Waals surface area (Å²) in [7, 11) is 0. The number of hydrogen-bond donors (Lipinski definition) is 0. The number of likely N-dealkylation sites (tertiary alicyclic amines) is 1. The summed E-state index contributed by atoms with van der Waals surface area (Å²) < 4.78 is 0. The van der Waals surface area contributed by atoms with Crippen LogP contribution in [0.3, 0.4) is 0 Å². The maximum atomic E-state index is 11.9. The number of anilines is 1. The molecule has 0 radical (unpaired) electrons. The number of nitrogens with zero attached hydrogens (tertiary/aromatic N) is 5. The molecule has 4 bridgehead atoms. The van der Waals surface area contributed by atoms with Crippen molar-refractivity contribution >= 4 is 22.8 Å². The monoisotopic (exact) mass is 429 g/mol. The molecule has 0 saturated carbocycles. The van der Waals surface area contributed by atoms with Crippen LogP contribution in [-0.2, 0) is 4.79 Å². The second-order valence-corrected chi connectivity index (χ2v) is 10.8. The third kappa shape index (κ3) is 3.78. The van der Waals surface area contributed by atoms with E-state index in [2.05, 4.69) is 40.9 Å². The molecule has 5 heterocycles. The van der Waals surface area contributed by atoms with E-state index in [4.69, 9.17) is 9.97 Å². The normalized spacial score (nSPS) is 34.1. The van der Waals surface area contributed by atoms with Crippen LogP contribution in [0.4, 0.5) is 5.95 Å². The smallest absolute Gasteiger partial charge is 0.225 e. The molecule has 4 saturated heterocycles. The number of thioether (sulfide) groups is 1. The molecule has 164 valence electrons. The van der Waals surface area contributed by atoms with E-state index >= 15 is 0 Å². The third-order valence-corrected chi connectivity index (χ3v) is 8.61. The highest BCUT2D eigenvalue weighted by Gasteiger charge is 2.43. The predicted octanol–water partition coefficient (Wildman–Crippen LogP) is 3.14. The van der Waals surface area contributed by atoms with Gasteiger partial charge in [0.15, 0.2) is 0 Å². The van der Waals surface area contributed by atoms with Gasteiger partial charge in [0.05, 0.1) is 6.54 Å². The molecule has 5 rings (SSSR count). The molecular weight excluding hydrogens is 394 g/mol. The van der Waals surface area contributed by atoms with E-state index in [0.29, 0.717) is 47.8 Å². The fourth-order valence-corrected chi connectivity index (χ4v) is 6.66. The summed E-state index contributed by atoms with van der Waals surface area (Å²) in [6.45, 7) is 7.49. The van der Waals surface area contributed by atoms with E-state index in [-0.39, 0.29) is 0 Å². The number of carbonyl (C=O) groups is 1. The second-order valence-electron chi connectivity index (χ2n) is 9.96. The molecule has 0 spiro atoms. The molecular formula is C23H35N5OS. The number of aromatic nitrogens is 2. The van der Waals surface area contributed by atoms with Gasteiger partial charge in [-0.05, 0) is 70.1 Å². The lowest BCUT2D eigenvalue weighted by Gasteiger charge is -2.43. The highest BCUT2D eigenvalue weighted by atomic mass is 32.2. The molecule has 30 heavy (non-hydrogen) atoms. The number of piperidine rings is 1. The molecule has 0 amide bonds. The summed E-state index contributed by atoms with van der Waals surface area (Å²) in [4.78, 5) is 29.3. The lowest BCUT2D eigenvalue weighted by atomic mass is 9.86. The minimum atomic E-state index is 0.297. The van der Waals surface area contributed by atoms with Gasteiger partial charge in [-0.2, -0.15) is 0 Å². The summed E-state index contributed by atoms with van der Waals surface area (Å²) in [5, 5.41) is 0.297. The van der Waals surface area contributed by atoms with E-state index < -0.39 is 0 Å². The average molecular weight is 430 g/mol. The molecule has 0 N–H and O–H groups in total. The Hall–Kier alpha value is -1.18. The van der Waals surface area contributed by atoms with Gasteiger partial charge >= 0.3 is 0 Å². The maximum Gasteiger partial charge on any atom is 0.225 e. The van der Waals surface area contributed by atoms with Crippen LogP contribution in [0.2, 0.25) is 0 Å². The van der Waals surface area contributed by atoms with Crippen LogP contribution in [0, 0.1) is 0 Å². The lowest BCUT2D eigenvalue weighted by Crippen LogP contribution is -2.56. The third-order valence-electron chi connectivity index (χ3n) is 8.02. The van der Waals surface area contributed by atoms with E-state index in [0.717, 1.165) is 31.9 Å². The molecule has 4 aliphatic rings. The number of carbonyl (C=O) groups excluding carboxylic acids is 1. The van der Waals surface area contributed by atoms with Crippen LogP contribution in [-0.4, -0.2) is 81.0 Å². The van der Waals surface area contributed by atoms with Crippen molar-refractivity contribution < 1.29 is 4.79 Å². The summed E-state index contributed by atoms with van der Waals surface area (Å²) in [5.74, 6) is 1.47. The van der Waals surface area contributed by atoms with Crippen molar-refractivity contribution in [1.82, 2.24) is 19.8 Å². The Morgan fingerprint density at radius 2 is 1.60 bits per heavy atom. The van der Waals surface area contributed by atoms with Crippen molar-refractivity contribution in [1.29, 1.82) is 0 Å². The van der Waals surface area contributed by atoms with Crippen molar-refractivity contribution in [3.8, 4) is 0 Å². The van der Waals surface area contributed by atoms with E-state index in [1.54, 1.807) is 0 Å². The SMILES string of the molecule is CSC(=O)CN1C2CCC1CC(c1cnc(N3C4CCC3CN(C(C)C)C4)nc1)C2. The number of fused-ring (bicyclic) bond motifs is 4. The van der Waals surface area contributed by atoms with Crippen molar-refractivity contribution in [2.24, 2.45) is 0 Å². The number of hydrogen-bond acceptors (Lipinski definition) is 7. The van der Waals surface area contributed by atoms with E-state index in [9.17, 15) is 4.79 Å². The summed E-state index contributed by atoms with van der Waals surface area (Å²) in [5.41, 5.74) is 1.29. The van der Waals surface area contributed by atoms with Crippen molar-refractivity contribution in [3.05, 3.63) is 18.0 Å². The van der Waals surface area contributed by atoms with Gasteiger partial charge in [-0.25, -0.2) is 9.97 Å². The standard InChI is InChI=1S/C23H35N5OS/c1-15(2)26-12-20-6-7-21(13-26)28(20)23-24-10-17(11-25-23)16-8-18-4-5-19(9-16)27(18)14-22(29)30-3/h10-11,15-16,18-21H,4-9,12-14H2,1-3H3. The highest BCUT2D eigenvalue weighted by molar-refractivity contribution is 8.13. The summed E-state index contributed by atoms with van der Waals surface area (Å²) in [6.07, 6.45) is 13.3. The van der Waals surface area contributed by atoms with Gasteiger partial charge in [0.25, 0.3) is 0 Å². The fraction of sp³-hybridized carbons (Fsp3) is 0.783. The molecule has 0 aliphatic carbocycles. The van der Waals surface area contributed by atoms with Crippen LogP contribution < -0.4 is 4.90 Å². The molecule has 4 unspecified atom stereocenters. The fourth-order valence-electron chi connectivity index (χ4n) is 6.38. The van der Waals surface area contributed by atoms with Crippen molar-refractivity contribution in [3.63, 3.8) is 0 Å². The molecule has 4 aliphatic heterocycles. The van der Waals surface area contributed by atoms with Gasteiger partial charge in [0.2, 0.25) is 11.1 Å². The zero-order chi connectivity index (χ0) is 20.8. The van der Waals surface area contributed by atoms with Crippen LogP contribution in [0.25, 0.3) is 0 Å². The summed E-state index contributed by atoms with van der Waals surface area (Å²) in [6, 6.07) is 2.83. The van der Waals surface area contributed by atoms with Crippen LogP contribution in [0.1, 0.15) is 63.9 Å². The Balaban J connectivity index is 1.25. The van der Waals surface area contributed by atoms with E-state index in [1.165, 1.54) is 43.0 Å². The lowest BCUT2D eigenvalue weighted by molar-refractivity contribution is -0.113. The quantitative estimate of drug-likeness (QED) is 0.713. The molecule has 1 aromatic heterocycles. The first kappa shape index (κ1) is 20.7. The molecule has 6 nitrogen and oxygen atoms in total. The van der Waals surface area contributed by atoms with Gasteiger partial charge in [-0.15, -0.1) is 0 Å². The van der Waals surface area contributed by atoms with Crippen LogP contribution >= 0.6 is 11.8 Å². The average Bonchev–Trinajstić information content (AvgIpc) is 3.13. The maximum absolute atomic E-state index is 11.9. The second kappa shape index (κ2) is 8.40. The van der Waals surface area contributed by atoms with Crippen molar-refractivity contribution in [2.45, 2.75) is 88.5 Å². The van der Waals surface area contributed by atoms with Gasteiger partial charge in [-0.1, -0.05) is 11.8 Å². The zero-order valence-electron chi connectivity index (χ0n) is 18.5. The van der Waals surface area contributed by atoms with Crippen LogP contribution in [0.5, 0.6) is 0 Å². The molecule has 4 atom stereocenters. The van der Waals surface area contributed by atoms with Crippen LogP contribution in [0.15, 0.2) is 12.4 Å². The highest BCUT2D eigenvalue weighted by Crippen LogP contribution is 2.43. The molecule has 4 fully saturated rings. The van der Waals surface area contributed by atoms with Gasteiger partial charge in [0.1, 0.15) is 0 Å². The molecule has 7 heteroatoms. The largest absolute Gasteiger partial charge is 0.332 e. The zero-order valence-corrected chi connectivity index (χ0v) is 19.4. The topological polar surface area (TPSA) is 52.6 Å². The van der Waals surface area contributed by atoms with Gasteiger partial charge in [-0.3, -0.25) is 14.6 Å². The van der Waals surface area contributed by atoms with Crippen molar-refractivity contribution in [2.75, 3.05) is 30.8 Å². The first-order valence-electron chi connectivity index (χ1n) is 11.7. The molecule has 1 aromatic rings. The Kier molecular flexibility index (Phi) is 5.80. The number of piperazine rings is 1. The Morgan fingerprint density at radius 3 is 2.13 bits per heavy atom. The Morgan fingerprint density at radius 1 is 1.03 bits per heavy atom. The number of rotatable bonds is 5. The molecule has 0 aromatic carbocycles. The first-order chi connectivity index (χ1) is 14.5. The first-order valence-corrected chi connectivity index (χ1v) is 12.9. The van der Waals surface area contributed by atoms with Gasteiger partial charge in [0, 0.05) is 55.7 Å². The van der Waals surface area contributed by atoms with E-state index in [1.807, 2.05) is 6.26 Å².